The largest absolute Gasteiger partial charge is 0.493 e. The van der Waals surface area contributed by atoms with Crippen molar-refractivity contribution in [1.82, 2.24) is 10.2 Å². The van der Waals surface area contributed by atoms with Gasteiger partial charge in [0.15, 0.2) is 0 Å². The van der Waals surface area contributed by atoms with Crippen molar-refractivity contribution in [2.45, 2.75) is 38.6 Å². The molecule has 2 aliphatic rings. The number of ether oxygens (including phenoxy) is 2. The molecule has 0 saturated carbocycles. The molecule has 1 N–H and O–H groups in total. The van der Waals surface area contributed by atoms with Gasteiger partial charge in [-0.2, -0.15) is 0 Å². The van der Waals surface area contributed by atoms with E-state index in [-0.39, 0.29) is 24.0 Å². The molecule has 25 heavy (non-hydrogen) atoms. The number of carbonyl (C=O) groups is 2. The van der Waals surface area contributed by atoms with Crippen LogP contribution in [0, 0.1) is 5.92 Å². The van der Waals surface area contributed by atoms with E-state index < -0.39 is 0 Å². The molecule has 3 rings (SSSR count). The van der Waals surface area contributed by atoms with Crippen molar-refractivity contribution in [3.05, 3.63) is 29.8 Å². The number of fused-ring (bicyclic) bond motifs is 1. The number of hydrogen-bond acceptors (Lipinski definition) is 4. The summed E-state index contributed by atoms with van der Waals surface area (Å²) in [5, 5.41) is 3.17. The Morgan fingerprint density at radius 2 is 2.00 bits per heavy atom. The molecule has 1 aromatic rings. The Balaban J connectivity index is 1.51. The molecule has 2 aliphatic heterocycles. The topological polar surface area (TPSA) is 67.9 Å². The number of hydrogen-bond donors (Lipinski definition) is 1. The highest BCUT2D eigenvalue weighted by molar-refractivity contribution is 5.79. The third-order valence-electron chi connectivity index (χ3n) is 4.90. The Morgan fingerprint density at radius 1 is 1.24 bits per heavy atom. The van der Waals surface area contributed by atoms with E-state index in [4.69, 9.17) is 9.47 Å². The number of piperidine rings is 1. The van der Waals surface area contributed by atoms with Crippen LogP contribution < -0.4 is 10.1 Å². The molecular weight excluding hydrogens is 320 g/mol. The van der Waals surface area contributed by atoms with Gasteiger partial charge in [-0.25, -0.2) is 4.79 Å². The van der Waals surface area contributed by atoms with Gasteiger partial charge in [-0.1, -0.05) is 18.2 Å². The summed E-state index contributed by atoms with van der Waals surface area (Å²) in [6, 6.07) is 8.04. The lowest BCUT2D eigenvalue weighted by Crippen LogP contribution is -2.48. The number of benzene rings is 1. The summed E-state index contributed by atoms with van der Waals surface area (Å²) in [4.78, 5) is 26.1. The Hall–Kier alpha value is -2.24. The van der Waals surface area contributed by atoms with E-state index in [2.05, 4.69) is 5.32 Å². The molecule has 1 saturated heterocycles. The first kappa shape index (κ1) is 17.6. The Bertz CT molecular complexity index is 611. The van der Waals surface area contributed by atoms with Crippen LogP contribution in [0.5, 0.6) is 5.75 Å². The van der Waals surface area contributed by atoms with Crippen LogP contribution >= 0.6 is 0 Å². The molecule has 2 heterocycles. The summed E-state index contributed by atoms with van der Waals surface area (Å²) < 4.78 is 10.8. The molecule has 0 aromatic heterocycles. The fourth-order valence-corrected chi connectivity index (χ4v) is 3.46. The molecule has 2 amide bonds. The second-order valence-electron chi connectivity index (χ2n) is 6.61. The lowest BCUT2D eigenvalue weighted by Gasteiger charge is -2.32. The monoisotopic (exact) mass is 346 g/mol. The fourth-order valence-electron chi connectivity index (χ4n) is 3.46. The number of nitrogens with one attached hydrogen (secondary N) is 1. The third-order valence-corrected chi connectivity index (χ3v) is 4.90. The SMILES string of the molecule is CCOC(=O)N1CCC(NC(=O)C2CCOc3ccccc3C2)CC1. The first-order valence-electron chi connectivity index (χ1n) is 9.10. The minimum atomic E-state index is -0.259. The van der Waals surface area contributed by atoms with E-state index in [9.17, 15) is 9.59 Å². The van der Waals surface area contributed by atoms with Crippen LogP contribution in [0.25, 0.3) is 0 Å². The zero-order chi connectivity index (χ0) is 17.6. The summed E-state index contributed by atoms with van der Waals surface area (Å²) in [6.07, 6.45) is 2.71. The van der Waals surface area contributed by atoms with Crippen molar-refractivity contribution < 1.29 is 19.1 Å². The van der Waals surface area contributed by atoms with Crippen LogP contribution in [0.3, 0.4) is 0 Å². The predicted octanol–water partition coefficient (Wildman–Crippen LogP) is 2.36. The minimum Gasteiger partial charge on any atom is -0.493 e. The maximum Gasteiger partial charge on any atom is 0.409 e. The fraction of sp³-hybridized carbons (Fsp3) is 0.579. The van der Waals surface area contributed by atoms with E-state index in [0.717, 1.165) is 30.6 Å². The smallest absolute Gasteiger partial charge is 0.409 e. The van der Waals surface area contributed by atoms with Crippen molar-refractivity contribution >= 4 is 12.0 Å². The predicted molar refractivity (Wildman–Crippen MR) is 93.5 cm³/mol. The highest BCUT2D eigenvalue weighted by atomic mass is 16.6. The Kier molecular flexibility index (Phi) is 5.79. The molecule has 6 heteroatoms. The zero-order valence-electron chi connectivity index (χ0n) is 14.7. The Morgan fingerprint density at radius 3 is 2.76 bits per heavy atom. The first-order valence-corrected chi connectivity index (χ1v) is 9.10. The van der Waals surface area contributed by atoms with Gasteiger partial charge in [-0.05, 0) is 44.2 Å². The number of rotatable bonds is 3. The highest BCUT2D eigenvalue weighted by Gasteiger charge is 2.28. The van der Waals surface area contributed by atoms with E-state index in [1.807, 2.05) is 24.3 Å². The van der Waals surface area contributed by atoms with E-state index in [1.54, 1.807) is 11.8 Å². The molecule has 0 spiro atoms. The van der Waals surface area contributed by atoms with Crippen LogP contribution in [0.2, 0.25) is 0 Å². The summed E-state index contributed by atoms with van der Waals surface area (Å²) in [6.45, 7) is 4.01. The number of carbonyl (C=O) groups excluding carboxylic acids is 2. The van der Waals surface area contributed by atoms with E-state index in [0.29, 0.717) is 32.7 Å². The Labute approximate surface area is 148 Å². The lowest BCUT2D eigenvalue weighted by molar-refractivity contribution is -0.126. The average molecular weight is 346 g/mol. The second kappa shape index (κ2) is 8.23. The van der Waals surface area contributed by atoms with Gasteiger partial charge in [-0.3, -0.25) is 4.79 Å². The van der Waals surface area contributed by atoms with E-state index >= 15 is 0 Å². The molecule has 136 valence electrons. The highest BCUT2D eigenvalue weighted by Crippen LogP contribution is 2.27. The van der Waals surface area contributed by atoms with Crippen molar-refractivity contribution in [1.29, 1.82) is 0 Å². The number of amides is 2. The van der Waals surface area contributed by atoms with Gasteiger partial charge in [0.2, 0.25) is 5.91 Å². The van der Waals surface area contributed by atoms with Gasteiger partial charge in [0.05, 0.1) is 13.2 Å². The van der Waals surface area contributed by atoms with Crippen molar-refractivity contribution in [2.24, 2.45) is 5.92 Å². The molecule has 1 fully saturated rings. The van der Waals surface area contributed by atoms with Crippen molar-refractivity contribution in [2.75, 3.05) is 26.3 Å². The number of para-hydroxylation sites is 1. The first-order chi connectivity index (χ1) is 12.2. The van der Waals surface area contributed by atoms with Crippen LogP contribution in [0.1, 0.15) is 31.7 Å². The van der Waals surface area contributed by atoms with Crippen LogP contribution in [-0.4, -0.2) is 49.2 Å². The molecule has 1 aromatic carbocycles. The van der Waals surface area contributed by atoms with Gasteiger partial charge < -0.3 is 19.7 Å². The van der Waals surface area contributed by atoms with Gasteiger partial charge in [0, 0.05) is 25.0 Å². The van der Waals surface area contributed by atoms with Crippen LogP contribution in [-0.2, 0) is 16.0 Å². The van der Waals surface area contributed by atoms with E-state index in [1.165, 1.54) is 0 Å². The molecule has 0 bridgehead atoms. The van der Waals surface area contributed by atoms with Crippen LogP contribution in [0.15, 0.2) is 24.3 Å². The zero-order valence-corrected chi connectivity index (χ0v) is 14.7. The third kappa shape index (κ3) is 4.44. The van der Waals surface area contributed by atoms with Gasteiger partial charge in [-0.15, -0.1) is 0 Å². The number of likely N-dealkylation sites (tertiary alicyclic amines) is 1. The number of nitrogens with zero attached hydrogens (tertiary/aromatic N) is 1. The van der Waals surface area contributed by atoms with Gasteiger partial charge in [0.25, 0.3) is 0 Å². The van der Waals surface area contributed by atoms with Crippen molar-refractivity contribution in [3.8, 4) is 5.75 Å². The van der Waals surface area contributed by atoms with Crippen LogP contribution in [0.4, 0.5) is 4.79 Å². The van der Waals surface area contributed by atoms with Crippen molar-refractivity contribution in [3.63, 3.8) is 0 Å². The minimum absolute atomic E-state index is 0.0632. The summed E-state index contributed by atoms with van der Waals surface area (Å²) in [7, 11) is 0. The molecule has 6 nitrogen and oxygen atoms in total. The second-order valence-corrected chi connectivity index (χ2v) is 6.61. The summed E-state index contributed by atoms with van der Waals surface area (Å²) in [5.74, 6) is 0.919. The molecule has 0 radical (unpaired) electrons. The average Bonchev–Trinajstić information content (AvgIpc) is 2.85. The summed E-state index contributed by atoms with van der Waals surface area (Å²) in [5.41, 5.74) is 1.09. The summed E-state index contributed by atoms with van der Waals surface area (Å²) >= 11 is 0. The van der Waals surface area contributed by atoms with Gasteiger partial charge in [0.1, 0.15) is 5.75 Å². The molecular formula is C19H26N2O4. The normalized spacial score (nSPS) is 20.8. The molecule has 1 unspecified atom stereocenters. The standard InChI is InChI=1S/C19H26N2O4/c1-2-24-19(23)21-10-7-16(8-11-21)20-18(22)15-9-12-25-17-6-4-3-5-14(17)13-15/h3-6,15-16H,2,7-13H2,1H3,(H,20,22). The quantitative estimate of drug-likeness (QED) is 0.912. The maximum absolute atomic E-state index is 12.7. The molecule has 1 atom stereocenters. The maximum atomic E-state index is 12.7. The van der Waals surface area contributed by atoms with Gasteiger partial charge >= 0.3 is 6.09 Å². The lowest BCUT2D eigenvalue weighted by atomic mass is 9.95. The molecule has 0 aliphatic carbocycles.